The molecule has 1 aliphatic carbocycles. The molecule has 1 aromatic heterocycles. The first-order valence-corrected chi connectivity index (χ1v) is 6.49. The number of furan rings is 1. The summed E-state index contributed by atoms with van der Waals surface area (Å²) in [5.74, 6) is 0.967. The predicted molar refractivity (Wildman–Crippen MR) is 72.7 cm³/mol. The first-order valence-electron chi connectivity index (χ1n) is 6.49. The average Bonchev–Trinajstić information content (AvgIpc) is 2.75. The van der Waals surface area contributed by atoms with E-state index in [0.29, 0.717) is 5.41 Å². The topological polar surface area (TPSA) is 13.1 Å². The molecule has 0 amide bonds. The third-order valence-corrected chi connectivity index (χ3v) is 3.98. The Morgan fingerprint density at radius 1 is 1.41 bits per heavy atom. The molecule has 2 rings (SSSR count). The van der Waals surface area contributed by atoms with Crippen LogP contribution in [0, 0.1) is 5.41 Å². The second-order valence-electron chi connectivity index (χ2n) is 5.53. The molecule has 1 heterocycles. The summed E-state index contributed by atoms with van der Waals surface area (Å²) in [7, 11) is 0. The SMILES string of the molecule is CCC1=C(C)/C(=C/c2ccco2)CCC1(C)C. The van der Waals surface area contributed by atoms with Crippen molar-refractivity contribution in [3.8, 4) is 0 Å². The summed E-state index contributed by atoms with van der Waals surface area (Å²) in [5.41, 5.74) is 4.87. The van der Waals surface area contributed by atoms with E-state index in [-0.39, 0.29) is 0 Å². The third-order valence-electron chi connectivity index (χ3n) is 3.98. The van der Waals surface area contributed by atoms with Crippen molar-refractivity contribution in [2.75, 3.05) is 0 Å². The van der Waals surface area contributed by atoms with Crippen molar-refractivity contribution in [3.05, 3.63) is 40.9 Å². The van der Waals surface area contributed by atoms with Crippen LogP contribution >= 0.6 is 0 Å². The number of hydrogen-bond acceptors (Lipinski definition) is 1. The van der Waals surface area contributed by atoms with Gasteiger partial charge in [-0.1, -0.05) is 26.3 Å². The van der Waals surface area contributed by atoms with Crippen molar-refractivity contribution >= 4 is 6.08 Å². The van der Waals surface area contributed by atoms with Crippen LogP contribution in [0.25, 0.3) is 6.08 Å². The fraction of sp³-hybridized carbons (Fsp3) is 0.500. The minimum Gasteiger partial charge on any atom is -0.465 e. The van der Waals surface area contributed by atoms with E-state index in [2.05, 4.69) is 33.8 Å². The fourth-order valence-electron chi connectivity index (χ4n) is 2.96. The highest BCUT2D eigenvalue weighted by atomic mass is 16.3. The van der Waals surface area contributed by atoms with Crippen LogP contribution in [0.4, 0.5) is 0 Å². The zero-order valence-corrected chi connectivity index (χ0v) is 11.3. The van der Waals surface area contributed by atoms with Gasteiger partial charge < -0.3 is 4.42 Å². The Balaban J connectivity index is 2.39. The Morgan fingerprint density at radius 2 is 2.18 bits per heavy atom. The maximum Gasteiger partial charge on any atom is 0.126 e. The Kier molecular flexibility index (Phi) is 3.28. The second-order valence-corrected chi connectivity index (χ2v) is 5.53. The lowest BCUT2D eigenvalue weighted by molar-refractivity contribution is 0.380. The van der Waals surface area contributed by atoms with Gasteiger partial charge in [0, 0.05) is 0 Å². The molecule has 0 N–H and O–H groups in total. The first-order chi connectivity index (χ1) is 8.04. The second kappa shape index (κ2) is 4.56. The molecule has 0 bridgehead atoms. The average molecular weight is 230 g/mol. The van der Waals surface area contributed by atoms with Gasteiger partial charge in [-0.05, 0) is 61.0 Å². The van der Waals surface area contributed by atoms with Crippen LogP contribution in [-0.4, -0.2) is 0 Å². The van der Waals surface area contributed by atoms with Crippen molar-refractivity contribution < 1.29 is 4.42 Å². The lowest BCUT2D eigenvalue weighted by atomic mass is 9.70. The molecule has 0 aromatic carbocycles. The van der Waals surface area contributed by atoms with Crippen LogP contribution in [0.15, 0.2) is 39.5 Å². The van der Waals surface area contributed by atoms with Crippen LogP contribution in [0.1, 0.15) is 52.7 Å². The smallest absolute Gasteiger partial charge is 0.126 e. The maximum atomic E-state index is 5.41. The first kappa shape index (κ1) is 12.2. The van der Waals surface area contributed by atoms with Gasteiger partial charge in [-0.15, -0.1) is 0 Å². The van der Waals surface area contributed by atoms with Gasteiger partial charge in [-0.2, -0.15) is 0 Å². The lowest BCUT2D eigenvalue weighted by Gasteiger charge is -2.35. The molecule has 0 radical (unpaired) electrons. The van der Waals surface area contributed by atoms with Gasteiger partial charge in [0.05, 0.1) is 6.26 Å². The molecule has 0 saturated carbocycles. The summed E-state index contributed by atoms with van der Waals surface area (Å²) in [6.45, 7) is 9.24. The van der Waals surface area contributed by atoms with E-state index < -0.39 is 0 Å². The van der Waals surface area contributed by atoms with Gasteiger partial charge in [0.2, 0.25) is 0 Å². The Labute approximate surface area is 104 Å². The Bertz CT molecular complexity index is 444. The summed E-state index contributed by atoms with van der Waals surface area (Å²) in [5, 5.41) is 0. The highest BCUT2D eigenvalue weighted by molar-refractivity contribution is 5.57. The van der Waals surface area contributed by atoms with E-state index in [1.165, 1.54) is 17.6 Å². The van der Waals surface area contributed by atoms with E-state index in [0.717, 1.165) is 18.6 Å². The van der Waals surface area contributed by atoms with Crippen molar-refractivity contribution in [2.45, 2.75) is 47.0 Å². The number of rotatable bonds is 2. The summed E-state index contributed by atoms with van der Waals surface area (Å²) < 4.78 is 5.41. The number of hydrogen-bond donors (Lipinski definition) is 0. The van der Waals surface area contributed by atoms with E-state index in [1.807, 2.05) is 12.1 Å². The molecule has 0 saturated heterocycles. The molecule has 0 unspecified atom stereocenters. The summed E-state index contributed by atoms with van der Waals surface area (Å²) >= 11 is 0. The van der Waals surface area contributed by atoms with Crippen molar-refractivity contribution in [1.82, 2.24) is 0 Å². The molecule has 1 aromatic rings. The molecule has 0 aliphatic heterocycles. The van der Waals surface area contributed by atoms with Gasteiger partial charge >= 0.3 is 0 Å². The quantitative estimate of drug-likeness (QED) is 0.679. The van der Waals surface area contributed by atoms with E-state index in [1.54, 1.807) is 11.8 Å². The summed E-state index contributed by atoms with van der Waals surface area (Å²) in [6.07, 6.45) is 7.47. The molecule has 92 valence electrons. The fourth-order valence-corrected chi connectivity index (χ4v) is 2.96. The largest absolute Gasteiger partial charge is 0.465 e. The highest BCUT2D eigenvalue weighted by Gasteiger charge is 2.29. The van der Waals surface area contributed by atoms with Gasteiger partial charge in [-0.25, -0.2) is 0 Å². The molecule has 1 nitrogen and oxygen atoms in total. The van der Waals surface area contributed by atoms with Crippen LogP contribution in [0.2, 0.25) is 0 Å². The molecule has 17 heavy (non-hydrogen) atoms. The van der Waals surface area contributed by atoms with E-state index in [4.69, 9.17) is 4.42 Å². The molecule has 0 spiro atoms. The minimum atomic E-state index is 0.360. The predicted octanol–water partition coefficient (Wildman–Crippen LogP) is 5.21. The van der Waals surface area contributed by atoms with Gasteiger partial charge in [0.1, 0.15) is 5.76 Å². The zero-order chi connectivity index (χ0) is 12.5. The van der Waals surface area contributed by atoms with Crippen molar-refractivity contribution in [2.24, 2.45) is 5.41 Å². The molecular formula is C16H22O. The maximum absolute atomic E-state index is 5.41. The van der Waals surface area contributed by atoms with Gasteiger partial charge in [0.15, 0.2) is 0 Å². The molecule has 0 fully saturated rings. The van der Waals surface area contributed by atoms with Gasteiger partial charge in [-0.3, -0.25) is 0 Å². The standard InChI is InChI=1S/C16H22O/c1-5-15-12(2)13(8-9-16(15,3)4)11-14-7-6-10-17-14/h6-7,10-11H,5,8-9H2,1-4H3/b13-11+. The van der Waals surface area contributed by atoms with Crippen LogP contribution in [-0.2, 0) is 0 Å². The molecule has 0 atom stereocenters. The number of allylic oxidation sites excluding steroid dienone is 3. The Morgan fingerprint density at radius 3 is 2.76 bits per heavy atom. The summed E-state index contributed by atoms with van der Waals surface area (Å²) in [4.78, 5) is 0. The lowest BCUT2D eigenvalue weighted by Crippen LogP contribution is -2.21. The Hall–Kier alpha value is -1.24. The third kappa shape index (κ3) is 2.38. The van der Waals surface area contributed by atoms with Gasteiger partial charge in [0.25, 0.3) is 0 Å². The van der Waals surface area contributed by atoms with E-state index in [9.17, 15) is 0 Å². The molecule has 1 heteroatoms. The summed E-state index contributed by atoms with van der Waals surface area (Å²) in [6, 6.07) is 3.96. The van der Waals surface area contributed by atoms with Crippen LogP contribution in [0.3, 0.4) is 0 Å². The molecular weight excluding hydrogens is 208 g/mol. The highest BCUT2D eigenvalue weighted by Crippen LogP contribution is 2.44. The van der Waals surface area contributed by atoms with Crippen LogP contribution in [0.5, 0.6) is 0 Å². The monoisotopic (exact) mass is 230 g/mol. The van der Waals surface area contributed by atoms with Crippen molar-refractivity contribution in [1.29, 1.82) is 0 Å². The normalized spacial score (nSPS) is 22.2. The van der Waals surface area contributed by atoms with E-state index >= 15 is 0 Å². The molecule has 1 aliphatic rings. The van der Waals surface area contributed by atoms with Crippen molar-refractivity contribution in [3.63, 3.8) is 0 Å². The minimum absolute atomic E-state index is 0.360. The zero-order valence-electron chi connectivity index (χ0n) is 11.3. The van der Waals surface area contributed by atoms with Crippen LogP contribution < -0.4 is 0 Å².